The van der Waals surface area contributed by atoms with Gasteiger partial charge in [0, 0.05) is 32.9 Å². The Morgan fingerprint density at radius 2 is 0.700 bits per heavy atom. The van der Waals surface area contributed by atoms with Gasteiger partial charge in [-0.3, -0.25) is 0 Å². The zero-order chi connectivity index (χ0) is 41.7. The van der Waals surface area contributed by atoms with Crippen LogP contribution in [0.15, 0.2) is 194 Å². The van der Waals surface area contributed by atoms with Crippen LogP contribution < -0.4 is 0 Å². The fraction of sp³-hybridized carbons (Fsp3) is 0. The van der Waals surface area contributed by atoms with Crippen LogP contribution in [0.25, 0.3) is 88.4 Å². The first-order valence-electron chi connectivity index (χ1n) is 21.4. The molecule has 0 spiro atoms. The first-order valence-corrected chi connectivity index (χ1v) is 16.4. The number of fused-ring (bicyclic) bond motifs is 7. The Labute approximate surface area is 304 Å². The standard InChI is InChI=1S/C48H32N2/c1-3-12-33(13-4-1)35-22-26-39(27-23-35)49-43-20-9-7-18-41(43)47-45(49)30-31-46-48(47)42-19-8-10-21-44(42)50(46)40-28-24-36(25-29-40)38-17-11-16-37(32-38)34-14-5-2-6-15-34/h1-32H/i7D,8D,9D,10D,18D,19D,20D,21D,30D,31D. The summed E-state index contributed by atoms with van der Waals surface area (Å²) in [6.45, 7) is 0. The summed E-state index contributed by atoms with van der Waals surface area (Å²) in [7, 11) is 0. The predicted octanol–water partition coefficient (Wildman–Crippen LogP) is 12.9. The third-order valence-corrected chi connectivity index (χ3v) is 9.41. The molecule has 0 atom stereocenters. The number of hydrogen-bond donors (Lipinski definition) is 0. The molecule has 0 aliphatic carbocycles. The molecule has 0 saturated heterocycles. The van der Waals surface area contributed by atoms with E-state index in [-0.39, 0.29) is 79.9 Å². The summed E-state index contributed by atoms with van der Waals surface area (Å²) in [4.78, 5) is 0. The van der Waals surface area contributed by atoms with Crippen LogP contribution in [0.4, 0.5) is 0 Å². The van der Waals surface area contributed by atoms with Gasteiger partial charge in [-0.2, -0.15) is 0 Å². The summed E-state index contributed by atoms with van der Waals surface area (Å²) < 4.78 is 94.6. The van der Waals surface area contributed by atoms with Crippen molar-refractivity contribution in [3.05, 3.63) is 194 Å². The maximum atomic E-state index is 9.69. The first kappa shape index (κ1) is 20.0. The number of rotatable bonds is 5. The quantitative estimate of drug-likeness (QED) is 0.176. The highest BCUT2D eigenvalue weighted by Gasteiger charge is 2.20. The van der Waals surface area contributed by atoms with Crippen LogP contribution in [-0.2, 0) is 0 Å². The van der Waals surface area contributed by atoms with Crippen LogP contribution in [-0.4, -0.2) is 9.13 Å². The van der Waals surface area contributed by atoms with Crippen molar-refractivity contribution in [2.75, 3.05) is 0 Å². The van der Waals surface area contributed by atoms with Gasteiger partial charge < -0.3 is 9.13 Å². The average Bonchev–Trinajstić information content (AvgIpc) is 3.84. The van der Waals surface area contributed by atoms with Crippen LogP contribution in [0.1, 0.15) is 13.7 Å². The lowest BCUT2D eigenvalue weighted by Crippen LogP contribution is -1.95. The van der Waals surface area contributed by atoms with Crippen molar-refractivity contribution < 1.29 is 13.7 Å². The zero-order valence-corrected chi connectivity index (χ0v) is 26.6. The highest BCUT2D eigenvalue weighted by Crippen LogP contribution is 2.42. The van der Waals surface area contributed by atoms with E-state index < -0.39 is 24.2 Å². The molecule has 0 aliphatic rings. The van der Waals surface area contributed by atoms with Gasteiger partial charge in [-0.05, 0) is 87.9 Å². The van der Waals surface area contributed by atoms with Crippen molar-refractivity contribution in [1.82, 2.24) is 9.13 Å². The van der Waals surface area contributed by atoms with Gasteiger partial charge in [0.1, 0.15) is 0 Å². The Kier molecular flexibility index (Phi) is 4.60. The van der Waals surface area contributed by atoms with Crippen LogP contribution >= 0.6 is 0 Å². The molecule has 2 heteroatoms. The molecule has 0 aliphatic heterocycles. The minimum Gasteiger partial charge on any atom is -0.309 e. The molecular weight excluding hydrogens is 605 g/mol. The third kappa shape index (κ3) is 4.50. The summed E-state index contributed by atoms with van der Waals surface area (Å²) in [5.74, 6) is 0. The molecule has 234 valence electrons. The number of hydrogen-bond acceptors (Lipinski definition) is 0. The van der Waals surface area contributed by atoms with Gasteiger partial charge in [-0.15, -0.1) is 0 Å². The van der Waals surface area contributed by atoms with Crippen molar-refractivity contribution in [2.45, 2.75) is 0 Å². The third-order valence-electron chi connectivity index (χ3n) is 9.41. The lowest BCUT2D eigenvalue weighted by Gasteiger charge is -2.11. The van der Waals surface area contributed by atoms with Gasteiger partial charge >= 0.3 is 0 Å². The molecule has 0 unspecified atom stereocenters. The van der Waals surface area contributed by atoms with E-state index in [0.717, 1.165) is 33.4 Å². The molecule has 2 nitrogen and oxygen atoms in total. The second-order valence-electron chi connectivity index (χ2n) is 12.2. The number of benzene rings is 8. The molecule has 50 heavy (non-hydrogen) atoms. The highest BCUT2D eigenvalue weighted by atomic mass is 15.0. The largest absolute Gasteiger partial charge is 0.309 e. The summed E-state index contributed by atoms with van der Waals surface area (Å²) in [6, 6.07) is 38.9. The van der Waals surface area contributed by atoms with Crippen LogP contribution in [0.5, 0.6) is 0 Å². The van der Waals surface area contributed by atoms with Gasteiger partial charge in [-0.1, -0.05) is 139 Å². The Hall–Kier alpha value is -6.64. The van der Waals surface area contributed by atoms with Crippen molar-refractivity contribution in [3.63, 3.8) is 0 Å². The topological polar surface area (TPSA) is 9.86 Å². The lowest BCUT2D eigenvalue weighted by atomic mass is 9.99. The first-order chi connectivity index (χ1) is 29.0. The van der Waals surface area contributed by atoms with E-state index in [2.05, 4.69) is 6.07 Å². The predicted molar refractivity (Wildman–Crippen MR) is 211 cm³/mol. The van der Waals surface area contributed by atoms with Crippen LogP contribution in [0.3, 0.4) is 0 Å². The molecule has 0 amide bonds. The summed E-state index contributed by atoms with van der Waals surface area (Å²) in [5, 5.41) is 0.562. The van der Waals surface area contributed by atoms with E-state index in [1.54, 1.807) is 9.13 Å². The van der Waals surface area contributed by atoms with Crippen molar-refractivity contribution in [1.29, 1.82) is 0 Å². The molecule has 10 rings (SSSR count). The second-order valence-corrected chi connectivity index (χ2v) is 12.2. The molecule has 0 radical (unpaired) electrons. The number of para-hydroxylation sites is 2. The van der Waals surface area contributed by atoms with Gasteiger partial charge in [0.25, 0.3) is 0 Å². The van der Waals surface area contributed by atoms with E-state index in [0.29, 0.717) is 11.4 Å². The van der Waals surface area contributed by atoms with Crippen molar-refractivity contribution in [3.8, 4) is 44.8 Å². The summed E-state index contributed by atoms with van der Waals surface area (Å²) in [6.07, 6.45) is 0. The molecule has 2 aromatic heterocycles. The average molecular weight is 647 g/mol. The molecule has 0 N–H and O–H groups in total. The van der Waals surface area contributed by atoms with E-state index in [4.69, 9.17) is 5.48 Å². The second kappa shape index (κ2) is 11.5. The fourth-order valence-corrected chi connectivity index (χ4v) is 7.10. The smallest absolute Gasteiger partial charge is 0.0646 e. The van der Waals surface area contributed by atoms with E-state index in [9.17, 15) is 8.22 Å². The van der Waals surface area contributed by atoms with Crippen LogP contribution in [0.2, 0.25) is 0 Å². The monoisotopic (exact) mass is 646 g/mol. The Balaban J connectivity index is 1.31. The van der Waals surface area contributed by atoms with E-state index in [1.807, 2.05) is 127 Å². The Bertz CT molecular complexity index is 3390. The molecule has 0 bridgehead atoms. The normalized spacial score (nSPS) is 14.4. The van der Waals surface area contributed by atoms with Crippen molar-refractivity contribution >= 4 is 43.6 Å². The van der Waals surface area contributed by atoms with Gasteiger partial charge in [-0.25, -0.2) is 0 Å². The summed E-state index contributed by atoms with van der Waals surface area (Å²) in [5.41, 5.74) is 7.26. The fourth-order valence-electron chi connectivity index (χ4n) is 7.10. The minimum atomic E-state index is -0.489. The maximum absolute atomic E-state index is 9.69. The molecular formula is C48H32N2. The minimum absolute atomic E-state index is 0.0834. The molecule has 0 fully saturated rings. The molecule has 2 heterocycles. The van der Waals surface area contributed by atoms with E-state index >= 15 is 0 Å². The SMILES string of the molecule is [2H]c1c([2H])c([2H])c2c(c1[2H])c1c3c4c([2H])c([2H])c([2H])c([2H])c4n(-c4ccc(-c5cccc(-c6ccccc6)c5)cc4)c3c([2H])c([2H])c1n2-c1ccc(-c2ccccc2)cc1. The van der Waals surface area contributed by atoms with Gasteiger partial charge in [0.05, 0.1) is 35.8 Å². The lowest BCUT2D eigenvalue weighted by molar-refractivity contribution is 1.17. The van der Waals surface area contributed by atoms with Gasteiger partial charge in [0.15, 0.2) is 0 Å². The van der Waals surface area contributed by atoms with Gasteiger partial charge in [0.2, 0.25) is 0 Å². The Morgan fingerprint density at radius 3 is 1.18 bits per heavy atom. The highest BCUT2D eigenvalue weighted by molar-refractivity contribution is 6.28. The zero-order valence-electron chi connectivity index (χ0n) is 36.6. The molecule has 8 aromatic carbocycles. The maximum Gasteiger partial charge on any atom is 0.0646 e. The van der Waals surface area contributed by atoms with Crippen molar-refractivity contribution in [2.24, 2.45) is 0 Å². The number of aromatic nitrogens is 2. The molecule has 0 saturated carbocycles. The number of nitrogens with zero attached hydrogens (tertiary/aromatic N) is 2. The molecule has 10 aromatic rings. The Morgan fingerprint density at radius 1 is 0.320 bits per heavy atom. The van der Waals surface area contributed by atoms with Crippen LogP contribution in [0, 0.1) is 0 Å². The van der Waals surface area contributed by atoms with E-state index in [1.165, 1.54) is 0 Å². The summed E-state index contributed by atoms with van der Waals surface area (Å²) >= 11 is 0.